The maximum atomic E-state index is 12.8. The first kappa shape index (κ1) is 51.5. The van der Waals surface area contributed by atoms with E-state index >= 15 is 0 Å². The molecule has 8 rings (SSSR count). The fourth-order valence-electron chi connectivity index (χ4n) is 8.88. The van der Waals surface area contributed by atoms with E-state index in [0.29, 0.717) is 71.9 Å². The third kappa shape index (κ3) is 12.0. The minimum atomic E-state index is -0.725. The number of aromatic hydroxyl groups is 4. The van der Waals surface area contributed by atoms with Crippen LogP contribution < -0.4 is 16.0 Å². The van der Waals surface area contributed by atoms with Gasteiger partial charge < -0.3 is 41.5 Å². The van der Waals surface area contributed by atoms with Gasteiger partial charge in [0.1, 0.15) is 23.0 Å². The Morgan fingerprint density at radius 2 is 0.986 bits per heavy atom. The highest BCUT2D eigenvalue weighted by atomic mass is 16.4. The van der Waals surface area contributed by atoms with Crippen molar-refractivity contribution in [3.05, 3.63) is 107 Å². The van der Waals surface area contributed by atoms with Gasteiger partial charge in [-0.05, 0) is 110 Å². The summed E-state index contributed by atoms with van der Waals surface area (Å²) < 4.78 is 3.25. The fraction of sp³-hybridized carbons (Fsp3) is 0.404. The highest BCUT2D eigenvalue weighted by Crippen LogP contribution is 2.40. The molecule has 0 radical (unpaired) electrons. The van der Waals surface area contributed by atoms with Crippen LogP contribution in [0.4, 0.5) is 0 Å². The zero-order valence-electron chi connectivity index (χ0n) is 41.2. The van der Waals surface area contributed by atoms with Gasteiger partial charge in [-0.25, -0.2) is 0 Å². The maximum absolute atomic E-state index is 12.8. The standard InChI is InChI=1S/C27H33N5O5.C25H32N6O3/c1-4-28-26(35)25-30-29-24(21-13-20(16(2)3)22(33)14-23(21)34)32(25)19-7-5-17(6-8-19)15-31-11-9-18(10-12-31)27(36)37;1-4-27-25(34)24-29-28-23(20-13-19(16(2)3)21(32)14-22(20)33)31(24)18-7-5-17(6-8-18)15-30-11-9-26-10-12-30/h5-8,13-14,16,18,33-34H,4,9-12,15H2,1-3H3,(H,28,35)(H,36,37);5-8,13-14,16,26,32-33H,4,9-12,15H2,1-3H3,(H,27,34). The number of nitrogens with zero attached hydrogens (tertiary/aromatic N) is 8. The maximum Gasteiger partial charge on any atom is 0.306 e. The highest BCUT2D eigenvalue weighted by molar-refractivity contribution is 5.93. The topological polar surface area (TPSA) is 256 Å². The van der Waals surface area contributed by atoms with Crippen LogP contribution in [-0.4, -0.2) is 135 Å². The molecule has 8 N–H and O–H groups in total. The molecule has 2 amide bonds. The molecule has 2 aromatic heterocycles. The number of phenolic OH excluding ortho intramolecular Hbond substituents is 4. The Morgan fingerprint density at radius 1 is 0.592 bits per heavy atom. The Hall–Kier alpha value is -7.35. The lowest BCUT2D eigenvalue weighted by Gasteiger charge is -2.30. The highest BCUT2D eigenvalue weighted by Gasteiger charge is 2.28. The van der Waals surface area contributed by atoms with Gasteiger partial charge in [-0.3, -0.25) is 33.3 Å². The van der Waals surface area contributed by atoms with Gasteiger partial charge >= 0.3 is 5.97 Å². The van der Waals surface area contributed by atoms with Crippen LogP contribution in [0.1, 0.15) is 110 Å². The summed E-state index contributed by atoms with van der Waals surface area (Å²) in [6.45, 7) is 19.3. The number of amides is 2. The summed E-state index contributed by atoms with van der Waals surface area (Å²) >= 11 is 0. The Kier molecular flexibility index (Phi) is 16.7. The van der Waals surface area contributed by atoms with Crippen LogP contribution in [0.15, 0.2) is 72.8 Å². The average Bonchev–Trinajstić information content (AvgIpc) is 3.99. The van der Waals surface area contributed by atoms with E-state index < -0.39 is 11.9 Å². The minimum Gasteiger partial charge on any atom is -0.508 e. The second-order valence-electron chi connectivity index (χ2n) is 18.5. The monoisotopic (exact) mass is 972 g/mol. The van der Waals surface area contributed by atoms with E-state index in [0.717, 1.165) is 51.4 Å². The number of carbonyl (C=O) groups excluding carboxylic acids is 2. The van der Waals surface area contributed by atoms with E-state index in [1.807, 2.05) is 90.1 Å². The van der Waals surface area contributed by atoms with Crippen LogP contribution in [0.5, 0.6) is 23.0 Å². The molecule has 0 spiro atoms. The first-order valence-corrected chi connectivity index (χ1v) is 24.2. The molecule has 0 bridgehead atoms. The van der Waals surface area contributed by atoms with Gasteiger partial charge in [-0.2, -0.15) is 0 Å². The lowest BCUT2D eigenvalue weighted by Crippen LogP contribution is -2.42. The number of nitrogens with one attached hydrogen (secondary N) is 3. The number of carboxylic acid groups (broad SMARTS) is 1. The lowest BCUT2D eigenvalue weighted by atomic mass is 9.97. The van der Waals surface area contributed by atoms with Gasteiger partial charge in [-0.15, -0.1) is 20.4 Å². The van der Waals surface area contributed by atoms with Crippen LogP contribution in [0.3, 0.4) is 0 Å². The number of aliphatic carboxylic acids is 1. The van der Waals surface area contributed by atoms with Crippen LogP contribution in [0, 0.1) is 5.92 Å². The third-order valence-electron chi connectivity index (χ3n) is 12.8. The van der Waals surface area contributed by atoms with Crippen molar-refractivity contribution in [2.24, 2.45) is 5.92 Å². The van der Waals surface area contributed by atoms with Crippen LogP contribution >= 0.6 is 0 Å². The largest absolute Gasteiger partial charge is 0.508 e. The molecule has 2 aliphatic rings. The Balaban J connectivity index is 0.000000209. The number of carboxylic acids is 1. The van der Waals surface area contributed by atoms with Gasteiger partial charge in [0.15, 0.2) is 11.6 Å². The van der Waals surface area contributed by atoms with Gasteiger partial charge in [0.25, 0.3) is 11.8 Å². The molecule has 0 saturated carbocycles. The summed E-state index contributed by atoms with van der Waals surface area (Å²) in [4.78, 5) is 41.4. The van der Waals surface area contributed by atoms with Crippen LogP contribution in [0.25, 0.3) is 34.2 Å². The van der Waals surface area contributed by atoms with Crippen molar-refractivity contribution >= 4 is 17.8 Å². The molecule has 376 valence electrons. The minimum absolute atomic E-state index is 0.00145. The van der Waals surface area contributed by atoms with Crippen molar-refractivity contribution < 1.29 is 39.9 Å². The number of piperidine rings is 1. The summed E-state index contributed by atoms with van der Waals surface area (Å²) in [7, 11) is 0. The molecule has 19 nitrogen and oxygen atoms in total. The number of piperazine rings is 1. The fourth-order valence-corrected chi connectivity index (χ4v) is 8.88. The van der Waals surface area contributed by atoms with Gasteiger partial charge in [-0.1, -0.05) is 52.0 Å². The molecule has 2 saturated heterocycles. The molecule has 2 aliphatic heterocycles. The van der Waals surface area contributed by atoms with E-state index in [1.165, 1.54) is 17.7 Å². The van der Waals surface area contributed by atoms with Crippen molar-refractivity contribution in [1.82, 2.24) is 55.3 Å². The van der Waals surface area contributed by atoms with E-state index in [-0.39, 0.29) is 64.1 Å². The first-order chi connectivity index (χ1) is 34.1. The second-order valence-corrected chi connectivity index (χ2v) is 18.5. The summed E-state index contributed by atoms with van der Waals surface area (Å²) in [5, 5.41) is 76.8. The number of benzene rings is 4. The van der Waals surface area contributed by atoms with E-state index in [1.54, 1.807) is 21.3 Å². The molecule has 0 unspecified atom stereocenters. The van der Waals surface area contributed by atoms with Crippen LogP contribution in [-0.2, 0) is 17.9 Å². The number of aromatic nitrogens is 6. The molecular weight excluding hydrogens is 907 g/mol. The Bertz CT molecular complexity index is 2810. The number of hydrogen-bond donors (Lipinski definition) is 8. The van der Waals surface area contributed by atoms with Crippen molar-refractivity contribution in [2.75, 3.05) is 52.4 Å². The smallest absolute Gasteiger partial charge is 0.306 e. The number of carbonyl (C=O) groups is 3. The number of rotatable bonds is 15. The molecule has 0 aliphatic carbocycles. The molecule has 6 aromatic rings. The molecular formula is C52H65N11O8. The summed E-state index contributed by atoms with van der Waals surface area (Å²) in [5.74, 6) is -1.19. The van der Waals surface area contributed by atoms with E-state index in [2.05, 4.69) is 46.1 Å². The molecule has 71 heavy (non-hydrogen) atoms. The van der Waals surface area contributed by atoms with Gasteiger partial charge in [0.2, 0.25) is 11.6 Å². The molecule has 19 heteroatoms. The SMILES string of the molecule is CCNC(=O)c1nnc(-c2cc(C(C)C)c(O)cc2O)n1-c1ccc(CN2CCC(C(=O)O)CC2)cc1.CCNC(=O)c1nnc(-c2cc(C(C)C)c(O)cc2O)n1-c1ccc(CN2CCNCC2)cc1. The van der Waals surface area contributed by atoms with Crippen molar-refractivity contribution in [1.29, 1.82) is 0 Å². The van der Waals surface area contributed by atoms with Crippen molar-refractivity contribution in [2.45, 2.75) is 79.3 Å². The zero-order valence-corrected chi connectivity index (χ0v) is 41.2. The lowest BCUT2D eigenvalue weighted by molar-refractivity contribution is -0.143. The third-order valence-corrected chi connectivity index (χ3v) is 12.8. The van der Waals surface area contributed by atoms with Gasteiger partial charge in [0.05, 0.1) is 17.0 Å². The quantitative estimate of drug-likeness (QED) is 0.0575. The molecule has 2 fully saturated rings. The number of hydrogen-bond acceptors (Lipinski definition) is 14. The van der Waals surface area contributed by atoms with E-state index in [4.69, 9.17) is 0 Å². The molecule has 4 heterocycles. The number of likely N-dealkylation sites (tertiary alicyclic amines) is 1. The average molecular weight is 972 g/mol. The summed E-state index contributed by atoms with van der Waals surface area (Å²) in [6.07, 6.45) is 1.28. The Labute approximate surface area is 413 Å². The normalized spacial score (nSPS) is 14.6. The van der Waals surface area contributed by atoms with E-state index in [9.17, 15) is 39.9 Å². The first-order valence-electron chi connectivity index (χ1n) is 24.2. The molecule has 0 atom stereocenters. The van der Waals surface area contributed by atoms with Crippen molar-refractivity contribution in [3.63, 3.8) is 0 Å². The Morgan fingerprint density at radius 3 is 1.35 bits per heavy atom. The molecule has 4 aromatic carbocycles. The summed E-state index contributed by atoms with van der Waals surface area (Å²) in [6, 6.07) is 21.6. The second kappa shape index (κ2) is 23.0. The van der Waals surface area contributed by atoms with Crippen molar-refractivity contribution in [3.8, 4) is 57.1 Å². The van der Waals surface area contributed by atoms with Gasteiger partial charge in [0, 0.05) is 75.9 Å². The predicted molar refractivity (Wildman–Crippen MR) is 268 cm³/mol. The zero-order chi connectivity index (χ0) is 50.9. The summed E-state index contributed by atoms with van der Waals surface area (Å²) in [5.41, 5.74) is 5.66. The van der Waals surface area contributed by atoms with Crippen LogP contribution in [0.2, 0.25) is 0 Å². The number of phenols is 4. The predicted octanol–water partition coefficient (Wildman–Crippen LogP) is 6.14.